The molecule has 0 atom stereocenters. The zero-order valence-electron chi connectivity index (χ0n) is 23.7. The van der Waals surface area contributed by atoms with E-state index in [0.717, 1.165) is 12.1 Å². The summed E-state index contributed by atoms with van der Waals surface area (Å²) in [5, 5.41) is 0. The minimum Gasteiger partial charge on any atom is -0.200 e. The molecule has 51 heavy (non-hydrogen) atoms. The van der Waals surface area contributed by atoms with Crippen molar-refractivity contribution >= 4 is 22.6 Å². The zero-order valence-corrected chi connectivity index (χ0v) is 25.8. The first-order valence-corrected chi connectivity index (χ1v) is 13.8. The molecule has 0 fully saturated rings. The number of aryl methyl sites for hydroxylation is 2. The Morgan fingerprint density at radius 3 is 0.980 bits per heavy atom. The van der Waals surface area contributed by atoms with Gasteiger partial charge in [-0.1, -0.05) is 12.1 Å². The van der Waals surface area contributed by atoms with Gasteiger partial charge in [0.15, 0.2) is 0 Å². The Morgan fingerprint density at radius 1 is 0.373 bits per heavy atom. The van der Waals surface area contributed by atoms with Crippen molar-refractivity contribution < 1.29 is 114 Å². The third kappa shape index (κ3) is 7.73. The fraction of sp³-hybridized carbons (Fsp3) is 0.750. The second kappa shape index (κ2) is 13.8. The Balaban J connectivity index is 3.15. The SMILES string of the molecule is FC(F)(F)C(F)(F)C(F)(F)C(F)(F)C(F)(F)C(F)(F)CCCc1ccc(I)c(CCCC(F)(F)C(F)(F)C(F)(F)C(F)(F)C(F)(F)C(F)(F)F)c1. The van der Waals surface area contributed by atoms with Crippen molar-refractivity contribution in [1.29, 1.82) is 0 Å². The van der Waals surface area contributed by atoms with Crippen LogP contribution in [-0.2, 0) is 12.8 Å². The predicted molar refractivity (Wildman–Crippen MR) is 127 cm³/mol. The molecular weight excluding hydrogens is 909 g/mol. The highest BCUT2D eigenvalue weighted by Crippen LogP contribution is 2.62. The molecule has 0 aliphatic heterocycles. The molecule has 0 saturated heterocycles. The Hall–Kier alpha value is -1.87. The molecule has 0 amide bonds. The fourth-order valence-corrected chi connectivity index (χ4v) is 4.51. The molecular formula is C24H15F26I. The van der Waals surface area contributed by atoms with Crippen LogP contribution in [0.5, 0.6) is 0 Å². The number of hydrogen-bond donors (Lipinski definition) is 0. The minimum atomic E-state index is -8.14. The largest absolute Gasteiger partial charge is 0.460 e. The lowest BCUT2D eigenvalue weighted by atomic mass is 9.90. The van der Waals surface area contributed by atoms with Crippen LogP contribution >= 0.6 is 22.6 Å². The van der Waals surface area contributed by atoms with Crippen LogP contribution in [0, 0.1) is 3.57 Å². The summed E-state index contributed by atoms with van der Waals surface area (Å²) in [4.78, 5) is 0. The van der Waals surface area contributed by atoms with Crippen molar-refractivity contribution in [2.45, 2.75) is 110 Å². The highest BCUT2D eigenvalue weighted by atomic mass is 127. The molecule has 0 aliphatic rings. The summed E-state index contributed by atoms with van der Waals surface area (Å²) in [7, 11) is 0. The van der Waals surface area contributed by atoms with Gasteiger partial charge in [0.2, 0.25) is 0 Å². The molecule has 0 spiro atoms. The van der Waals surface area contributed by atoms with Gasteiger partial charge in [-0.25, -0.2) is 0 Å². The molecule has 1 aromatic carbocycles. The summed E-state index contributed by atoms with van der Waals surface area (Å²) in [6.07, 6.45) is -25.6. The molecule has 0 bridgehead atoms. The topological polar surface area (TPSA) is 0 Å². The molecule has 0 nitrogen and oxygen atoms in total. The average Bonchev–Trinajstić information content (AvgIpc) is 2.92. The normalized spacial score (nSPS) is 15.8. The minimum absolute atomic E-state index is 0.113. The molecule has 0 N–H and O–H groups in total. The smallest absolute Gasteiger partial charge is 0.200 e. The lowest BCUT2D eigenvalue weighted by Crippen LogP contribution is -2.70. The Bertz CT molecular complexity index is 1350. The number of alkyl halides is 26. The van der Waals surface area contributed by atoms with Gasteiger partial charge >= 0.3 is 71.6 Å². The summed E-state index contributed by atoms with van der Waals surface area (Å²) in [5.74, 6) is -76.3. The van der Waals surface area contributed by atoms with E-state index in [1.165, 1.54) is 22.6 Å². The lowest BCUT2D eigenvalue weighted by Gasteiger charge is -2.39. The number of halogens is 27. The molecule has 300 valence electrons. The summed E-state index contributed by atoms with van der Waals surface area (Å²) in [6, 6.07) is 2.46. The lowest BCUT2D eigenvalue weighted by molar-refractivity contribution is -0.440. The molecule has 1 rings (SSSR count). The predicted octanol–water partition coefficient (Wildman–Crippen LogP) is 12.4. The summed E-state index contributed by atoms with van der Waals surface area (Å²) in [5.41, 5.74) is -0.798. The molecule has 0 heterocycles. The standard InChI is InChI=1S/C24H15F26I/c25-13(26,15(29,30)17(33,34)19(37,38)21(41,42)23(45,46)47)7-1-3-10-5-6-12(51)11(9-10)4-2-8-14(27,28)16(31,32)18(35,36)20(39,40)22(43,44)24(48,49)50/h5-6,9H,1-4,7-8H2. The van der Waals surface area contributed by atoms with E-state index in [4.69, 9.17) is 0 Å². The van der Waals surface area contributed by atoms with Crippen molar-refractivity contribution in [2.24, 2.45) is 0 Å². The molecule has 0 unspecified atom stereocenters. The van der Waals surface area contributed by atoms with Crippen LogP contribution in [0.4, 0.5) is 114 Å². The van der Waals surface area contributed by atoms with E-state index in [1.807, 2.05) is 0 Å². The van der Waals surface area contributed by atoms with Gasteiger partial charge in [-0.05, 0) is 65.5 Å². The number of benzene rings is 1. The van der Waals surface area contributed by atoms with E-state index < -0.39 is 116 Å². The number of hydrogen-bond acceptors (Lipinski definition) is 0. The first kappa shape index (κ1) is 47.2. The zero-order chi connectivity index (χ0) is 41.1. The van der Waals surface area contributed by atoms with Gasteiger partial charge in [-0.15, -0.1) is 0 Å². The first-order chi connectivity index (χ1) is 22.1. The van der Waals surface area contributed by atoms with Crippen molar-refractivity contribution in [1.82, 2.24) is 0 Å². The number of rotatable bonds is 16. The van der Waals surface area contributed by atoms with Gasteiger partial charge in [0.1, 0.15) is 0 Å². The Kier molecular flexibility index (Phi) is 12.7. The Labute approximate surface area is 280 Å². The van der Waals surface area contributed by atoms with Crippen LogP contribution in [0.25, 0.3) is 0 Å². The second-order valence-corrected chi connectivity index (χ2v) is 11.8. The van der Waals surface area contributed by atoms with E-state index in [2.05, 4.69) is 0 Å². The second-order valence-electron chi connectivity index (χ2n) is 10.6. The Morgan fingerprint density at radius 2 is 0.667 bits per heavy atom. The fourth-order valence-electron chi connectivity index (χ4n) is 3.91. The molecule has 0 radical (unpaired) electrons. The maximum Gasteiger partial charge on any atom is 0.460 e. The third-order valence-electron chi connectivity index (χ3n) is 7.00. The van der Waals surface area contributed by atoms with E-state index in [-0.39, 0.29) is 9.13 Å². The van der Waals surface area contributed by atoms with Crippen LogP contribution in [0.2, 0.25) is 0 Å². The van der Waals surface area contributed by atoms with E-state index in [1.54, 1.807) is 0 Å². The monoisotopic (exact) mass is 924 g/mol. The van der Waals surface area contributed by atoms with Gasteiger partial charge in [-0.2, -0.15) is 114 Å². The van der Waals surface area contributed by atoms with Crippen LogP contribution < -0.4 is 0 Å². The van der Waals surface area contributed by atoms with Crippen LogP contribution in [0.3, 0.4) is 0 Å². The average molecular weight is 924 g/mol. The van der Waals surface area contributed by atoms with Crippen molar-refractivity contribution in [3.8, 4) is 0 Å². The summed E-state index contributed by atoms with van der Waals surface area (Å²) in [6.45, 7) is 0. The van der Waals surface area contributed by atoms with Gasteiger partial charge in [-0.3, -0.25) is 0 Å². The quantitative estimate of drug-likeness (QED) is 0.114. The molecule has 27 heteroatoms. The van der Waals surface area contributed by atoms with Gasteiger partial charge in [0.25, 0.3) is 0 Å². The first-order valence-electron chi connectivity index (χ1n) is 12.8. The summed E-state index contributed by atoms with van der Waals surface area (Å²) >= 11 is 1.32. The van der Waals surface area contributed by atoms with Gasteiger partial charge in [0.05, 0.1) is 0 Å². The molecule has 0 aliphatic carbocycles. The summed E-state index contributed by atoms with van der Waals surface area (Å²) < 4.78 is 344. The van der Waals surface area contributed by atoms with Crippen molar-refractivity contribution in [3.05, 3.63) is 32.9 Å². The molecule has 1 aromatic rings. The highest BCUT2D eigenvalue weighted by molar-refractivity contribution is 14.1. The van der Waals surface area contributed by atoms with Crippen molar-refractivity contribution in [3.63, 3.8) is 0 Å². The maximum atomic E-state index is 14.0. The van der Waals surface area contributed by atoms with E-state index in [9.17, 15) is 114 Å². The third-order valence-corrected chi connectivity index (χ3v) is 8.05. The van der Waals surface area contributed by atoms with Crippen LogP contribution in [0.15, 0.2) is 18.2 Å². The highest BCUT2D eigenvalue weighted by Gasteiger charge is 2.91. The van der Waals surface area contributed by atoms with Crippen LogP contribution in [-0.4, -0.2) is 71.6 Å². The van der Waals surface area contributed by atoms with Gasteiger partial charge < -0.3 is 0 Å². The van der Waals surface area contributed by atoms with Gasteiger partial charge in [0, 0.05) is 16.4 Å². The van der Waals surface area contributed by atoms with Crippen molar-refractivity contribution in [2.75, 3.05) is 0 Å². The van der Waals surface area contributed by atoms with Crippen LogP contribution in [0.1, 0.15) is 36.8 Å². The molecule has 0 saturated carbocycles. The van der Waals surface area contributed by atoms with E-state index in [0.29, 0.717) is 6.07 Å². The van der Waals surface area contributed by atoms with E-state index >= 15 is 0 Å². The molecule has 0 aromatic heterocycles. The maximum absolute atomic E-state index is 14.0.